The number of phenolic OH excluding ortho intramolecular Hbond substituents is 2. The van der Waals surface area contributed by atoms with Crippen LogP contribution in [0.4, 0.5) is 0 Å². The normalized spacial score (nSPS) is 14.0. The minimum atomic E-state index is -0.187. The van der Waals surface area contributed by atoms with Crippen LogP contribution in [0, 0.1) is 0 Å². The van der Waals surface area contributed by atoms with Gasteiger partial charge in [0.2, 0.25) is 0 Å². The molecule has 2 N–H and O–H groups in total. The monoisotopic (exact) mass is 300 g/mol. The van der Waals surface area contributed by atoms with E-state index >= 15 is 0 Å². The van der Waals surface area contributed by atoms with Crippen molar-refractivity contribution in [1.82, 2.24) is 0 Å². The van der Waals surface area contributed by atoms with Gasteiger partial charge in [-0.1, -0.05) is 29.8 Å². The van der Waals surface area contributed by atoms with E-state index in [1.54, 1.807) is 12.1 Å². The zero-order chi connectivity index (χ0) is 15.0. The number of nitrogens with zero attached hydrogens (tertiary/aromatic N) is 2. The molecule has 0 atom stereocenters. The Labute approximate surface area is 127 Å². The summed E-state index contributed by atoms with van der Waals surface area (Å²) in [5.74, 6) is -0.338. The van der Waals surface area contributed by atoms with Crippen LogP contribution in [0.2, 0.25) is 5.02 Å². The third-order valence-electron chi connectivity index (χ3n) is 3.35. The number of hydrogen-bond acceptors (Lipinski definition) is 4. The lowest BCUT2D eigenvalue weighted by Gasteiger charge is -2.12. The maximum Gasteiger partial charge on any atom is 0.158 e. The fourth-order valence-electron chi connectivity index (χ4n) is 2.34. The van der Waals surface area contributed by atoms with E-state index in [4.69, 9.17) is 11.6 Å². The SMILES string of the molecule is CC1=NN=C(c2ccccc2Cl)c2cc(O)c(O)cc2C1. The van der Waals surface area contributed by atoms with Crippen LogP contribution in [0.15, 0.2) is 46.6 Å². The van der Waals surface area contributed by atoms with E-state index in [2.05, 4.69) is 10.2 Å². The summed E-state index contributed by atoms with van der Waals surface area (Å²) in [5, 5.41) is 28.5. The Morgan fingerprint density at radius 1 is 1.00 bits per heavy atom. The van der Waals surface area contributed by atoms with Crippen LogP contribution in [0.25, 0.3) is 0 Å². The third kappa shape index (κ3) is 2.50. The average molecular weight is 301 g/mol. The van der Waals surface area contributed by atoms with E-state index in [1.807, 2.05) is 25.1 Å². The average Bonchev–Trinajstić information content (AvgIpc) is 2.59. The van der Waals surface area contributed by atoms with Crippen LogP contribution in [0.3, 0.4) is 0 Å². The van der Waals surface area contributed by atoms with Gasteiger partial charge in [0.1, 0.15) is 5.71 Å². The molecule has 0 spiro atoms. The van der Waals surface area contributed by atoms with Gasteiger partial charge in [-0.15, -0.1) is 5.10 Å². The fourth-order valence-corrected chi connectivity index (χ4v) is 2.56. The summed E-state index contributed by atoms with van der Waals surface area (Å²) in [6.45, 7) is 1.87. The minimum absolute atomic E-state index is 0.151. The Hall–Kier alpha value is -2.33. The summed E-state index contributed by atoms with van der Waals surface area (Å²) in [5.41, 5.74) is 3.72. The third-order valence-corrected chi connectivity index (χ3v) is 3.68. The van der Waals surface area contributed by atoms with Crippen molar-refractivity contribution in [3.05, 3.63) is 58.1 Å². The molecule has 2 aromatic rings. The van der Waals surface area contributed by atoms with E-state index in [9.17, 15) is 10.2 Å². The second kappa shape index (κ2) is 5.22. The smallest absolute Gasteiger partial charge is 0.158 e. The maximum atomic E-state index is 9.79. The molecule has 0 unspecified atom stereocenters. The van der Waals surface area contributed by atoms with Crippen LogP contribution in [0.1, 0.15) is 23.6 Å². The van der Waals surface area contributed by atoms with Crippen LogP contribution in [-0.2, 0) is 6.42 Å². The van der Waals surface area contributed by atoms with Gasteiger partial charge < -0.3 is 10.2 Å². The molecule has 5 heteroatoms. The number of hydrogen-bond donors (Lipinski definition) is 2. The van der Waals surface area contributed by atoms with Crippen LogP contribution >= 0.6 is 11.6 Å². The second-order valence-electron chi connectivity index (χ2n) is 4.94. The maximum absolute atomic E-state index is 9.79. The first-order valence-corrected chi connectivity index (χ1v) is 6.85. The van der Waals surface area contributed by atoms with Gasteiger partial charge in [0.15, 0.2) is 11.5 Å². The van der Waals surface area contributed by atoms with Crippen molar-refractivity contribution in [2.24, 2.45) is 10.2 Å². The molecule has 1 heterocycles. The Morgan fingerprint density at radius 3 is 2.48 bits per heavy atom. The highest BCUT2D eigenvalue weighted by molar-refractivity contribution is 6.35. The van der Waals surface area contributed by atoms with Crippen LogP contribution in [0.5, 0.6) is 11.5 Å². The highest BCUT2D eigenvalue weighted by Gasteiger charge is 2.20. The summed E-state index contributed by atoms with van der Waals surface area (Å²) in [7, 11) is 0. The number of phenols is 2. The van der Waals surface area contributed by atoms with E-state index in [0.29, 0.717) is 17.2 Å². The lowest BCUT2D eigenvalue weighted by Crippen LogP contribution is -2.07. The number of aromatic hydroxyl groups is 2. The van der Waals surface area contributed by atoms with Crippen LogP contribution < -0.4 is 0 Å². The van der Waals surface area contributed by atoms with E-state index in [0.717, 1.165) is 22.4 Å². The van der Waals surface area contributed by atoms with Gasteiger partial charge in [0.05, 0.1) is 5.02 Å². The Balaban J connectivity index is 2.27. The Bertz CT molecular complexity index is 782. The van der Waals surface area contributed by atoms with Gasteiger partial charge in [-0.05, 0) is 30.7 Å². The van der Waals surface area contributed by atoms with E-state index in [-0.39, 0.29) is 11.5 Å². The summed E-state index contributed by atoms with van der Waals surface area (Å²) < 4.78 is 0. The summed E-state index contributed by atoms with van der Waals surface area (Å²) in [4.78, 5) is 0. The summed E-state index contributed by atoms with van der Waals surface area (Å²) in [6, 6.07) is 10.4. The summed E-state index contributed by atoms with van der Waals surface area (Å²) in [6.07, 6.45) is 0.556. The second-order valence-corrected chi connectivity index (χ2v) is 5.35. The van der Waals surface area contributed by atoms with Crippen molar-refractivity contribution < 1.29 is 10.2 Å². The van der Waals surface area contributed by atoms with Crippen molar-refractivity contribution in [3.8, 4) is 11.5 Å². The first kappa shape index (κ1) is 13.6. The zero-order valence-corrected chi connectivity index (χ0v) is 12.1. The standard InChI is InChI=1S/C16H13ClN2O2/c1-9-6-10-7-14(20)15(21)8-12(10)16(19-18-9)11-4-2-3-5-13(11)17/h2-5,7-8,20-21H,6H2,1H3. The fraction of sp³-hybridized carbons (Fsp3) is 0.125. The number of halogens is 1. The molecule has 106 valence electrons. The van der Waals surface area contributed by atoms with Gasteiger partial charge in [-0.2, -0.15) is 5.10 Å². The van der Waals surface area contributed by atoms with Crippen molar-refractivity contribution in [2.75, 3.05) is 0 Å². The molecule has 0 aromatic heterocycles. The highest BCUT2D eigenvalue weighted by Crippen LogP contribution is 2.32. The molecule has 0 saturated heterocycles. The van der Waals surface area contributed by atoms with Gasteiger partial charge in [0, 0.05) is 23.3 Å². The highest BCUT2D eigenvalue weighted by atomic mass is 35.5. The first-order valence-electron chi connectivity index (χ1n) is 6.47. The molecular weight excluding hydrogens is 288 g/mol. The molecule has 1 aliphatic rings. The topological polar surface area (TPSA) is 65.2 Å². The van der Waals surface area contributed by atoms with Gasteiger partial charge >= 0.3 is 0 Å². The first-order chi connectivity index (χ1) is 10.1. The molecule has 21 heavy (non-hydrogen) atoms. The largest absolute Gasteiger partial charge is 0.504 e. The Morgan fingerprint density at radius 2 is 1.71 bits per heavy atom. The molecule has 1 aliphatic heterocycles. The van der Waals surface area contributed by atoms with E-state index in [1.165, 1.54) is 6.07 Å². The van der Waals surface area contributed by atoms with Crippen molar-refractivity contribution in [1.29, 1.82) is 0 Å². The summed E-state index contributed by atoms with van der Waals surface area (Å²) >= 11 is 6.24. The Kier molecular flexibility index (Phi) is 3.39. The number of fused-ring (bicyclic) bond motifs is 1. The lowest BCUT2D eigenvalue weighted by atomic mass is 9.94. The molecule has 0 amide bonds. The van der Waals surface area contributed by atoms with Gasteiger partial charge in [0.25, 0.3) is 0 Å². The quantitative estimate of drug-likeness (QED) is 0.791. The van der Waals surface area contributed by atoms with Crippen molar-refractivity contribution in [2.45, 2.75) is 13.3 Å². The molecule has 0 fully saturated rings. The molecule has 0 bridgehead atoms. The predicted molar refractivity (Wildman–Crippen MR) is 83.7 cm³/mol. The molecule has 0 aliphatic carbocycles. The molecule has 0 radical (unpaired) electrons. The molecule has 0 saturated carbocycles. The lowest BCUT2D eigenvalue weighted by molar-refractivity contribution is 0.403. The predicted octanol–water partition coefficient (Wildman–Crippen LogP) is 3.52. The minimum Gasteiger partial charge on any atom is -0.504 e. The molecule has 4 nitrogen and oxygen atoms in total. The number of benzene rings is 2. The van der Waals surface area contributed by atoms with Crippen molar-refractivity contribution in [3.63, 3.8) is 0 Å². The molecular formula is C16H13ClN2O2. The zero-order valence-electron chi connectivity index (χ0n) is 11.3. The van der Waals surface area contributed by atoms with Crippen LogP contribution in [-0.4, -0.2) is 21.6 Å². The number of rotatable bonds is 1. The molecule has 3 rings (SSSR count). The van der Waals surface area contributed by atoms with Gasteiger partial charge in [-0.25, -0.2) is 0 Å². The van der Waals surface area contributed by atoms with Gasteiger partial charge in [-0.3, -0.25) is 0 Å². The molecule has 2 aromatic carbocycles. The van der Waals surface area contributed by atoms with E-state index < -0.39 is 0 Å². The van der Waals surface area contributed by atoms with Crippen molar-refractivity contribution >= 4 is 23.0 Å².